The summed E-state index contributed by atoms with van der Waals surface area (Å²) in [5, 5.41) is 2.48. The van der Waals surface area contributed by atoms with Crippen LogP contribution in [0.15, 0.2) is 30.3 Å². The number of hydrogen-bond donors (Lipinski definition) is 3. The zero-order valence-electron chi connectivity index (χ0n) is 14.1. The lowest BCUT2D eigenvalue weighted by Gasteiger charge is -2.20. The monoisotopic (exact) mass is 370 g/mol. The summed E-state index contributed by atoms with van der Waals surface area (Å²) in [5.41, 5.74) is 8.26. The number of alkyl halides is 3. The van der Waals surface area contributed by atoms with Gasteiger partial charge < -0.3 is 16.8 Å². The van der Waals surface area contributed by atoms with E-state index in [1.165, 1.54) is 0 Å². The van der Waals surface area contributed by atoms with Crippen LogP contribution in [-0.2, 0) is 6.18 Å². The summed E-state index contributed by atoms with van der Waals surface area (Å²) in [6.45, 7) is 3.40. The van der Waals surface area contributed by atoms with Crippen molar-refractivity contribution in [2.75, 3.05) is 12.3 Å². The number of nitrogens with one attached hydrogen (secondary N) is 1. The average molecular weight is 370 g/mol. The molecule has 0 spiro atoms. The Balaban J connectivity index is 2.54. The molecule has 140 valence electrons. The van der Waals surface area contributed by atoms with Crippen LogP contribution in [-0.4, -0.2) is 23.0 Å². The first-order valence-electron chi connectivity index (χ1n) is 7.59. The fourth-order valence-corrected chi connectivity index (χ4v) is 2.15. The molecule has 0 saturated heterocycles. The van der Waals surface area contributed by atoms with Gasteiger partial charge in [0, 0.05) is 17.6 Å². The smallest absolute Gasteiger partial charge is 0.397 e. The van der Waals surface area contributed by atoms with E-state index in [0.717, 1.165) is 24.3 Å². The number of aromatic nitrogens is 1. The number of pyridine rings is 1. The molecule has 0 unspecified atom stereocenters. The molecule has 1 aromatic carbocycles. The number of rotatable bonds is 4. The summed E-state index contributed by atoms with van der Waals surface area (Å²) in [5.74, 6) is -1.36. The van der Waals surface area contributed by atoms with Gasteiger partial charge in [0.25, 0.3) is 5.91 Å². The summed E-state index contributed by atoms with van der Waals surface area (Å²) < 4.78 is 53.1. The molecule has 2 aromatic rings. The molecule has 0 aliphatic carbocycles. The number of nitrogen functional groups attached to an aromatic ring is 1. The molecule has 0 bridgehead atoms. The Morgan fingerprint density at radius 2 is 1.77 bits per heavy atom. The van der Waals surface area contributed by atoms with Gasteiger partial charge in [-0.1, -0.05) is 0 Å². The van der Waals surface area contributed by atoms with Gasteiger partial charge in [-0.3, -0.25) is 4.79 Å². The molecule has 0 aliphatic heterocycles. The lowest BCUT2D eigenvalue weighted by molar-refractivity contribution is -0.137. The Hall–Kier alpha value is -2.68. The van der Waals surface area contributed by atoms with Crippen molar-refractivity contribution in [1.82, 2.24) is 10.3 Å². The van der Waals surface area contributed by atoms with Crippen molar-refractivity contribution >= 4 is 11.6 Å². The predicted octanol–water partition coefficient (Wildman–Crippen LogP) is 2.96. The molecule has 0 atom stereocenters. The van der Waals surface area contributed by atoms with E-state index in [9.17, 15) is 22.4 Å². The molecular formula is C17H18F4N4O. The van der Waals surface area contributed by atoms with E-state index in [1.807, 2.05) is 0 Å². The number of halogens is 4. The molecule has 1 amide bonds. The number of nitrogens with two attached hydrogens (primary N) is 2. The molecule has 0 radical (unpaired) electrons. The normalized spacial score (nSPS) is 12.1. The van der Waals surface area contributed by atoms with Crippen LogP contribution in [0.25, 0.3) is 11.3 Å². The molecule has 2 rings (SSSR count). The molecule has 1 heterocycles. The Labute approximate surface area is 147 Å². The Morgan fingerprint density at radius 1 is 1.19 bits per heavy atom. The first kappa shape index (κ1) is 19.6. The molecule has 0 aliphatic rings. The quantitative estimate of drug-likeness (QED) is 0.722. The highest BCUT2D eigenvalue weighted by molar-refractivity contribution is 5.98. The summed E-state index contributed by atoms with van der Waals surface area (Å²) >= 11 is 0. The lowest BCUT2D eigenvalue weighted by Crippen LogP contribution is -2.45. The number of nitrogens with zero attached hydrogens (tertiary/aromatic N) is 1. The van der Waals surface area contributed by atoms with E-state index in [1.54, 1.807) is 13.8 Å². The SMILES string of the molecule is CC(C)(N)CNC(=O)c1nc(-c2ccc(F)cc2)c(C(F)(F)F)cc1N. The second-order valence-corrected chi connectivity index (χ2v) is 6.50. The van der Waals surface area contributed by atoms with Gasteiger partial charge in [0.2, 0.25) is 0 Å². The number of amides is 1. The molecule has 9 heteroatoms. The van der Waals surface area contributed by atoms with Gasteiger partial charge in [-0.05, 0) is 44.2 Å². The van der Waals surface area contributed by atoms with Crippen molar-refractivity contribution < 1.29 is 22.4 Å². The van der Waals surface area contributed by atoms with Crippen molar-refractivity contribution in [3.8, 4) is 11.3 Å². The van der Waals surface area contributed by atoms with Crippen molar-refractivity contribution in [2.24, 2.45) is 5.73 Å². The topological polar surface area (TPSA) is 94.0 Å². The van der Waals surface area contributed by atoms with Crippen LogP contribution in [0.5, 0.6) is 0 Å². The second kappa shape index (κ2) is 6.91. The Kier molecular flexibility index (Phi) is 5.22. The largest absolute Gasteiger partial charge is 0.418 e. The van der Waals surface area contributed by atoms with E-state index >= 15 is 0 Å². The van der Waals surface area contributed by atoms with Crippen molar-refractivity contribution in [2.45, 2.75) is 25.6 Å². The highest BCUT2D eigenvalue weighted by Gasteiger charge is 2.36. The van der Waals surface area contributed by atoms with E-state index in [2.05, 4.69) is 10.3 Å². The molecule has 0 fully saturated rings. The Bertz CT molecular complexity index is 811. The maximum Gasteiger partial charge on any atom is 0.418 e. The van der Waals surface area contributed by atoms with Crippen molar-refractivity contribution in [3.05, 3.63) is 47.4 Å². The minimum atomic E-state index is -4.75. The zero-order chi connectivity index (χ0) is 19.7. The highest BCUT2D eigenvalue weighted by atomic mass is 19.4. The number of benzene rings is 1. The average Bonchev–Trinajstić information content (AvgIpc) is 2.51. The van der Waals surface area contributed by atoms with Crippen LogP contribution < -0.4 is 16.8 Å². The number of hydrogen-bond acceptors (Lipinski definition) is 4. The van der Waals surface area contributed by atoms with Gasteiger partial charge >= 0.3 is 6.18 Å². The molecule has 1 aromatic heterocycles. The molecule has 26 heavy (non-hydrogen) atoms. The van der Waals surface area contributed by atoms with Gasteiger partial charge in [0.1, 0.15) is 5.82 Å². The van der Waals surface area contributed by atoms with Crippen LogP contribution in [0.4, 0.5) is 23.2 Å². The molecule has 5 nitrogen and oxygen atoms in total. The zero-order valence-corrected chi connectivity index (χ0v) is 14.1. The van der Waals surface area contributed by atoms with E-state index < -0.39 is 40.4 Å². The fraction of sp³-hybridized carbons (Fsp3) is 0.294. The van der Waals surface area contributed by atoms with Crippen LogP contribution in [0.3, 0.4) is 0 Å². The molecule has 0 saturated carbocycles. The highest BCUT2D eigenvalue weighted by Crippen LogP contribution is 2.37. The summed E-state index contributed by atoms with van der Waals surface area (Å²) in [4.78, 5) is 16.1. The number of carbonyl (C=O) groups excluding carboxylic acids is 1. The standard InChI is InChI=1S/C17H18F4N4O/c1-16(2,23)8-24-15(26)14-12(22)7-11(17(19,20)21)13(25-14)9-3-5-10(18)6-4-9/h3-7H,8,22-23H2,1-2H3,(H,24,26). The summed E-state index contributed by atoms with van der Waals surface area (Å²) in [6, 6.07) is 4.95. The molecular weight excluding hydrogens is 352 g/mol. The predicted molar refractivity (Wildman–Crippen MR) is 89.6 cm³/mol. The number of carbonyl (C=O) groups is 1. The minimum Gasteiger partial charge on any atom is -0.397 e. The first-order chi connectivity index (χ1) is 11.9. The van der Waals surface area contributed by atoms with Gasteiger partial charge in [-0.15, -0.1) is 0 Å². The summed E-state index contributed by atoms with van der Waals surface area (Å²) in [7, 11) is 0. The lowest BCUT2D eigenvalue weighted by atomic mass is 10.0. The van der Waals surface area contributed by atoms with Crippen LogP contribution in [0, 0.1) is 5.82 Å². The van der Waals surface area contributed by atoms with Gasteiger partial charge in [-0.2, -0.15) is 13.2 Å². The third kappa shape index (κ3) is 4.69. The molecule has 5 N–H and O–H groups in total. The maximum absolute atomic E-state index is 13.3. The van der Waals surface area contributed by atoms with Crippen molar-refractivity contribution in [3.63, 3.8) is 0 Å². The van der Waals surface area contributed by atoms with Gasteiger partial charge in [0.05, 0.1) is 16.9 Å². The van der Waals surface area contributed by atoms with E-state index in [4.69, 9.17) is 11.5 Å². The van der Waals surface area contributed by atoms with Crippen LogP contribution >= 0.6 is 0 Å². The fourth-order valence-electron chi connectivity index (χ4n) is 2.15. The third-order valence-electron chi connectivity index (χ3n) is 3.39. The first-order valence-corrected chi connectivity index (χ1v) is 7.59. The summed E-state index contributed by atoms with van der Waals surface area (Å²) in [6.07, 6.45) is -4.75. The van der Waals surface area contributed by atoms with E-state index in [0.29, 0.717) is 6.07 Å². The van der Waals surface area contributed by atoms with Gasteiger partial charge in [-0.25, -0.2) is 9.37 Å². The third-order valence-corrected chi connectivity index (χ3v) is 3.39. The minimum absolute atomic E-state index is 0.00642. The maximum atomic E-state index is 13.3. The van der Waals surface area contributed by atoms with Gasteiger partial charge in [0.15, 0.2) is 5.69 Å². The van der Waals surface area contributed by atoms with Crippen LogP contribution in [0.2, 0.25) is 0 Å². The Morgan fingerprint density at radius 3 is 2.27 bits per heavy atom. The number of anilines is 1. The second-order valence-electron chi connectivity index (χ2n) is 6.50. The van der Waals surface area contributed by atoms with Crippen LogP contribution in [0.1, 0.15) is 29.9 Å². The van der Waals surface area contributed by atoms with Crippen molar-refractivity contribution in [1.29, 1.82) is 0 Å². The van der Waals surface area contributed by atoms with E-state index in [-0.39, 0.29) is 17.8 Å².